The van der Waals surface area contributed by atoms with Crippen LogP contribution >= 0.6 is 23.5 Å². The standard InChI is InChI=1S/C14H26N2S2/c1-11(2)12-9-18-13(16-12)15-10-14(17-3)7-5-4-6-8-14/h11-12H,4-10H2,1-3H3,(H,15,16). The second-order valence-electron chi connectivity index (χ2n) is 5.88. The molecule has 0 aromatic heterocycles. The molecule has 18 heavy (non-hydrogen) atoms. The first-order valence-corrected chi connectivity index (χ1v) is 9.35. The predicted octanol–water partition coefficient (Wildman–Crippen LogP) is 3.77. The van der Waals surface area contributed by atoms with Crippen LogP contribution in [-0.2, 0) is 0 Å². The Morgan fingerprint density at radius 2 is 2.11 bits per heavy atom. The number of nitrogens with one attached hydrogen (secondary N) is 1. The lowest BCUT2D eigenvalue weighted by molar-refractivity contribution is 0.405. The first-order chi connectivity index (χ1) is 8.65. The lowest BCUT2D eigenvalue weighted by Crippen LogP contribution is -2.34. The number of aliphatic imine (C=N–C) groups is 1. The Bertz CT molecular complexity index is 296. The molecule has 104 valence electrons. The van der Waals surface area contributed by atoms with Gasteiger partial charge in [0.1, 0.15) is 0 Å². The van der Waals surface area contributed by atoms with Gasteiger partial charge in [0.15, 0.2) is 5.17 Å². The first kappa shape index (κ1) is 14.6. The van der Waals surface area contributed by atoms with Crippen molar-refractivity contribution in [3.63, 3.8) is 0 Å². The van der Waals surface area contributed by atoms with Crippen molar-refractivity contribution in [1.82, 2.24) is 5.32 Å². The predicted molar refractivity (Wildman–Crippen MR) is 85.9 cm³/mol. The molecule has 4 heteroatoms. The molecule has 1 aliphatic heterocycles. The Morgan fingerprint density at radius 3 is 2.67 bits per heavy atom. The van der Waals surface area contributed by atoms with Gasteiger partial charge in [-0.05, 0) is 25.0 Å². The summed E-state index contributed by atoms with van der Waals surface area (Å²) >= 11 is 3.95. The van der Waals surface area contributed by atoms with Crippen LogP contribution in [-0.4, -0.2) is 34.5 Å². The molecule has 2 nitrogen and oxygen atoms in total. The first-order valence-electron chi connectivity index (χ1n) is 7.14. The largest absolute Gasteiger partial charge is 0.361 e. The van der Waals surface area contributed by atoms with E-state index in [1.165, 1.54) is 43.0 Å². The summed E-state index contributed by atoms with van der Waals surface area (Å²) in [6, 6.07) is 0.616. The van der Waals surface area contributed by atoms with Crippen molar-refractivity contribution < 1.29 is 0 Å². The van der Waals surface area contributed by atoms with E-state index in [9.17, 15) is 0 Å². The van der Waals surface area contributed by atoms with E-state index in [2.05, 4.69) is 25.4 Å². The van der Waals surface area contributed by atoms with Crippen LogP contribution in [0, 0.1) is 5.92 Å². The maximum Gasteiger partial charge on any atom is 0.156 e. The summed E-state index contributed by atoms with van der Waals surface area (Å²) in [5.74, 6) is 1.89. The van der Waals surface area contributed by atoms with Crippen LogP contribution < -0.4 is 5.32 Å². The summed E-state index contributed by atoms with van der Waals surface area (Å²) in [5, 5.41) is 4.76. The molecule has 0 spiro atoms. The summed E-state index contributed by atoms with van der Waals surface area (Å²) in [6.45, 7) is 5.58. The van der Waals surface area contributed by atoms with Gasteiger partial charge in [0.05, 0.1) is 6.54 Å². The molecule has 0 bridgehead atoms. The Morgan fingerprint density at radius 1 is 1.39 bits per heavy atom. The SMILES string of the molecule is CSC1(CN=C2NC(C(C)C)CS2)CCCCC1. The van der Waals surface area contributed by atoms with Crippen molar-refractivity contribution in [2.75, 3.05) is 18.6 Å². The highest BCUT2D eigenvalue weighted by molar-refractivity contribution is 8.14. The number of rotatable bonds is 4. The fraction of sp³-hybridized carbons (Fsp3) is 0.929. The smallest absolute Gasteiger partial charge is 0.156 e. The lowest BCUT2D eigenvalue weighted by Gasteiger charge is -2.34. The van der Waals surface area contributed by atoms with Gasteiger partial charge < -0.3 is 5.32 Å². The second-order valence-corrected chi connectivity index (χ2v) is 8.16. The minimum absolute atomic E-state index is 0.434. The van der Waals surface area contributed by atoms with Crippen LogP contribution in [0.2, 0.25) is 0 Å². The van der Waals surface area contributed by atoms with E-state index in [0.29, 0.717) is 16.7 Å². The van der Waals surface area contributed by atoms with Gasteiger partial charge in [0.25, 0.3) is 0 Å². The molecule has 0 amide bonds. The molecule has 0 aromatic rings. The van der Waals surface area contributed by atoms with Gasteiger partial charge in [-0.25, -0.2) is 0 Å². The lowest BCUT2D eigenvalue weighted by atomic mass is 9.88. The Hall–Kier alpha value is 0.170. The van der Waals surface area contributed by atoms with E-state index < -0.39 is 0 Å². The van der Waals surface area contributed by atoms with Crippen LogP contribution in [0.15, 0.2) is 4.99 Å². The molecule has 1 N–H and O–H groups in total. The minimum Gasteiger partial charge on any atom is -0.361 e. The van der Waals surface area contributed by atoms with Crippen molar-refractivity contribution >= 4 is 28.7 Å². The molecule has 2 fully saturated rings. The number of hydrogen-bond donors (Lipinski definition) is 1. The number of nitrogens with zero attached hydrogens (tertiary/aromatic N) is 1. The highest BCUT2D eigenvalue weighted by Gasteiger charge is 2.31. The molecule has 2 rings (SSSR count). The van der Waals surface area contributed by atoms with E-state index in [-0.39, 0.29) is 0 Å². The van der Waals surface area contributed by atoms with Crippen molar-refractivity contribution in [1.29, 1.82) is 0 Å². The summed E-state index contributed by atoms with van der Waals surface area (Å²) in [6.07, 6.45) is 9.16. The van der Waals surface area contributed by atoms with Crippen LogP contribution in [0.3, 0.4) is 0 Å². The molecular weight excluding hydrogens is 260 g/mol. The third-order valence-corrected chi connectivity index (χ3v) is 6.67. The number of thioether (sulfide) groups is 2. The third kappa shape index (κ3) is 3.60. The zero-order valence-corrected chi connectivity index (χ0v) is 13.5. The molecule has 0 aromatic carbocycles. The molecule has 2 aliphatic rings. The minimum atomic E-state index is 0.434. The zero-order valence-electron chi connectivity index (χ0n) is 11.9. The van der Waals surface area contributed by atoms with Gasteiger partial charge in [-0.2, -0.15) is 11.8 Å². The Labute approximate surface area is 120 Å². The normalized spacial score (nSPS) is 29.8. The Kier molecular flexibility index (Phi) is 5.31. The summed E-state index contributed by atoms with van der Waals surface area (Å²) in [5.41, 5.74) is 0. The van der Waals surface area contributed by atoms with Crippen molar-refractivity contribution in [2.45, 2.75) is 56.7 Å². The maximum atomic E-state index is 4.87. The van der Waals surface area contributed by atoms with Gasteiger partial charge in [0.2, 0.25) is 0 Å². The number of amidine groups is 1. The van der Waals surface area contributed by atoms with Gasteiger partial charge in [-0.15, -0.1) is 0 Å². The maximum absolute atomic E-state index is 4.87. The Balaban J connectivity index is 1.89. The van der Waals surface area contributed by atoms with Crippen LogP contribution in [0.5, 0.6) is 0 Å². The van der Waals surface area contributed by atoms with Gasteiger partial charge in [-0.1, -0.05) is 44.9 Å². The monoisotopic (exact) mass is 286 g/mol. The van der Waals surface area contributed by atoms with E-state index in [1.807, 2.05) is 23.5 Å². The molecule has 1 unspecified atom stereocenters. The third-order valence-electron chi connectivity index (χ3n) is 4.22. The van der Waals surface area contributed by atoms with E-state index in [1.54, 1.807) is 0 Å². The van der Waals surface area contributed by atoms with Crippen molar-refractivity contribution in [3.05, 3.63) is 0 Å². The van der Waals surface area contributed by atoms with E-state index >= 15 is 0 Å². The van der Waals surface area contributed by atoms with Crippen molar-refractivity contribution in [3.8, 4) is 0 Å². The average molecular weight is 287 g/mol. The summed E-state index contributed by atoms with van der Waals surface area (Å²) in [7, 11) is 0. The summed E-state index contributed by atoms with van der Waals surface area (Å²) < 4.78 is 0.434. The van der Waals surface area contributed by atoms with Crippen molar-refractivity contribution in [2.24, 2.45) is 10.9 Å². The van der Waals surface area contributed by atoms with Crippen LogP contribution in [0.4, 0.5) is 0 Å². The van der Waals surface area contributed by atoms with E-state index in [4.69, 9.17) is 4.99 Å². The van der Waals surface area contributed by atoms with Gasteiger partial charge in [-0.3, -0.25) is 4.99 Å². The molecular formula is C14H26N2S2. The van der Waals surface area contributed by atoms with Gasteiger partial charge >= 0.3 is 0 Å². The molecule has 1 heterocycles. The molecule has 1 aliphatic carbocycles. The summed E-state index contributed by atoms with van der Waals surface area (Å²) in [4.78, 5) is 4.87. The quantitative estimate of drug-likeness (QED) is 0.851. The highest BCUT2D eigenvalue weighted by Crippen LogP contribution is 2.39. The van der Waals surface area contributed by atoms with Gasteiger partial charge in [0, 0.05) is 16.5 Å². The fourth-order valence-corrected chi connectivity index (χ4v) is 4.79. The highest BCUT2D eigenvalue weighted by atomic mass is 32.2. The number of hydrogen-bond acceptors (Lipinski definition) is 3. The molecule has 1 atom stereocenters. The van der Waals surface area contributed by atoms with E-state index in [0.717, 1.165) is 6.54 Å². The zero-order chi connectivity index (χ0) is 13.0. The topological polar surface area (TPSA) is 24.4 Å². The molecule has 0 radical (unpaired) electrons. The molecule has 1 saturated heterocycles. The van der Waals surface area contributed by atoms with Crippen LogP contribution in [0.25, 0.3) is 0 Å². The average Bonchev–Trinajstić information content (AvgIpc) is 2.87. The van der Waals surface area contributed by atoms with Crippen LogP contribution in [0.1, 0.15) is 46.0 Å². The fourth-order valence-electron chi connectivity index (χ4n) is 2.70. The molecule has 1 saturated carbocycles. The second kappa shape index (κ2) is 6.56.